The van der Waals surface area contributed by atoms with E-state index < -0.39 is 5.56 Å². The molecule has 7 nitrogen and oxygen atoms in total. The van der Waals surface area contributed by atoms with Gasteiger partial charge in [0.25, 0.3) is 5.56 Å². The molecule has 0 bridgehead atoms. The SMILES string of the molecule is CCCCc1ccc(NC(=O)Cn2nc(-c3ccco3)c3sc(C)nc3c2=O)cc1. The third-order valence-corrected chi connectivity index (χ3v) is 5.69. The van der Waals surface area contributed by atoms with Crippen molar-refractivity contribution in [2.75, 3.05) is 5.32 Å². The summed E-state index contributed by atoms with van der Waals surface area (Å²) in [5.74, 6) is 0.197. The summed E-state index contributed by atoms with van der Waals surface area (Å²) < 4.78 is 7.27. The van der Waals surface area contributed by atoms with E-state index >= 15 is 0 Å². The average Bonchev–Trinajstić information content (AvgIpc) is 3.39. The van der Waals surface area contributed by atoms with Crippen molar-refractivity contribution in [3.8, 4) is 11.5 Å². The van der Waals surface area contributed by atoms with Gasteiger partial charge in [-0.3, -0.25) is 9.59 Å². The first-order chi connectivity index (χ1) is 14.5. The van der Waals surface area contributed by atoms with Crippen molar-refractivity contribution in [2.24, 2.45) is 0 Å². The maximum atomic E-state index is 12.8. The third kappa shape index (κ3) is 4.18. The summed E-state index contributed by atoms with van der Waals surface area (Å²) in [6, 6.07) is 11.3. The average molecular weight is 423 g/mol. The molecule has 0 aliphatic heterocycles. The quantitative estimate of drug-likeness (QED) is 0.477. The number of fused-ring (bicyclic) bond motifs is 1. The van der Waals surface area contributed by atoms with Crippen LogP contribution in [-0.2, 0) is 17.8 Å². The number of unbranched alkanes of at least 4 members (excludes halogenated alkanes) is 1. The van der Waals surface area contributed by atoms with Gasteiger partial charge in [0.1, 0.15) is 12.2 Å². The molecule has 1 aromatic carbocycles. The lowest BCUT2D eigenvalue weighted by Crippen LogP contribution is -2.30. The van der Waals surface area contributed by atoms with Crippen LogP contribution in [0.3, 0.4) is 0 Å². The molecule has 0 radical (unpaired) electrons. The molecule has 4 rings (SSSR count). The zero-order valence-corrected chi connectivity index (χ0v) is 17.7. The van der Waals surface area contributed by atoms with E-state index in [2.05, 4.69) is 22.3 Å². The normalized spacial score (nSPS) is 11.1. The Kier molecular flexibility index (Phi) is 5.76. The maximum Gasteiger partial charge on any atom is 0.294 e. The van der Waals surface area contributed by atoms with Crippen molar-refractivity contribution in [1.29, 1.82) is 0 Å². The van der Waals surface area contributed by atoms with E-state index in [1.54, 1.807) is 18.4 Å². The number of furan rings is 1. The van der Waals surface area contributed by atoms with Crippen LogP contribution in [0.4, 0.5) is 5.69 Å². The molecule has 0 saturated carbocycles. The van der Waals surface area contributed by atoms with Crippen molar-refractivity contribution < 1.29 is 9.21 Å². The molecule has 0 unspecified atom stereocenters. The number of aryl methyl sites for hydroxylation is 2. The van der Waals surface area contributed by atoms with Gasteiger partial charge in [-0.2, -0.15) is 5.10 Å². The third-order valence-electron chi connectivity index (χ3n) is 4.71. The standard InChI is InChI=1S/C22H22N4O3S/c1-3-4-6-15-8-10-16(11-9-15)24-18(27)13-26-22(28)20-21(30-14(2)23-20)19(25-26)17-7-5-12-29-17/h5,7-12H,3-4,6,13H2,1-2H3,(H,24,27). The number of benzene rings is 1. The summed E-state index contributed by atoms with van der Waals surface area (Å²) in [4.78, 5) is 29.7. The Hall–Kier alpha value is -3.26. The van der Waals surface area contributed by atoms with Crippen LogP contribution in [-0.4, -0.2) is 20.7 Å². The van der Waals surface area contributed by atoms with Crippen LogP contribution in [0.25, 0.3) is 21.7 Å². The molecule has 0 aliphatic carbocycles. The first kappa shape index (κ1) is 20.0. The Balaban J connectivity index is 1.58. The fraction of sp³-hybridized carbons (Fsp3) is 0.273. The summed E-state index contributed by atoms with van der Waals surface area (Å²) in [6.45, 7) is 3.78. The van der Waals surface area contributed by atoms with Gasteiger partial charge < -0.3 is 9.73 Å². The number of amides is 1. The smallest absolute Gasteiger partial charge is 0.294 e. The van der Waals surface area contributed by atoms with E-state index in [0.717, 1.165) is 29.0 Å². The topological polar surface area (TPSA) is 90.0 Å². The van der Waals surface area contributed by atoms with Crippen LogP contribution in [0.2, 0.25) is 0 Å². The van der Waals surface area contributed by atoms with Crippen molar-refractivity contribution in [3.05, 3.63) is 63.6 Å². The van der Waals surface area contributed by atoms with Gasteiger partial charge >= 0.3 is 0 Å². The van der Waals surface area contributed by atoms with Gasteiger partial charge in [0.15, 0.2) is 11.3 Å². The number of thiazole rings is 1. The molecule has 4 aromatic rings. The minimum atomic E-state index is -0.394. The molecule has 154 valence electrons. The molecule has 8 heteroatoms. The second-order valence-corrected chi connectivity index (χ2v) is 8.25. The molecular weight excluding hydrogens is 400 g/mol. The van der Waals surface area contributed by atoms with E-state index in [0.29, 0.717) is 27.4 Å². The van der Waals surface area contributed by atoms with Crippen molar-refractivity contribution in [2.45, 2.75) is 39.7 Å². The Labute approximate surface area is 177 Å². The van der Waals surface area contributed by atoms with E-state index in [4.69, 9.17) is 4.42 Å². The van der Waals surface area contributed by atoms with Gasteiger partial charge in [-0.15, -0.1) is 11.3 Å². The van der Waals surface area contributed by atoms with Crippen LogP contribution in [0, 0.1) is 6.92 Å². The molecule has 1 amide bonds. The van der Waals surface area contributed by atoms with E-state index in [1.807, 2.05) is 31.2 Å². The lowest BCUT2D eigenvalue weighted by molar-refractivity contribution is -0.117. The number of hydrogen-bond donors (Lipinski definition) is 1. The Morgan fingerprint density at radius 3 is 2.73 bits per heavy atom. The number of carbonyl (C=O) groups excluding carboxylic acids is 1. The molecule has 0 spiro atoms. The van der Waals surface area contributed by atoms with Crippen LogP contribution >= 0.6 is 11.3 Å². The second kappa shape index (κ2) is 8.62. The van der Waals surface area contributed by atoms with E-state index in [1.165, 1.54) is 16.9 Å². The van der Waals surface area contributed by atoms with Crippen molar-refractivity contribution >= 4 is 33.1 Å². The molecule has 0 saturated heterocycles. The monoisotopic (exact) mass is 422 g/mol. The predicted octanol–water partition coefficient (Wildman–Crippen LogP) is 4.40. The van der Waals surface area contributed by atoms with Crippen LogP contribution in [0.15, 0.2) is 51.9 Å². The number of aromatic nitrogens is 3. The van der Waals surface area contributed by atoms with Crippen LogP contribution in [0.5, 0.6) is 0 Å². The Morgan fingerprint density at radius 2 is 2.03 bits per heavy atom. The van der Waals surface area contributed by atoms with Crippen molar-refractivity contribution in [1.82, 2.24) is 14.8 Å². The second-order valence-electron chi connectivity index (χ2n) is 7.05. The molecule has 0 atom stereocenters. The van der Waals surface area contributed by atoms with Gasteiger partial charge in [0.05, 0.1) is 16.0 Å². The largest absolute Gasteiger partial charge is 0.463 e. The summed E-state index contributed by atoms with van der Waals surface area (Å²) in [7, 11) is 0. The summed E-state index contributed by atoms with van der Waals surface area (Å²) in [5, 5.41) is 7.99. The first-order valence-electron chi connectivity index (χ1n) is 9.86. The number of nitrogens with one attached hydrogen (secondary N) is 1. The Morgan fingerprint density at radius 1 is 1.23 bits per heavy atom. The number of rotatable bonds is 7. The molecule has 30 heavy (non-hydrogen) atoms. The van der Waals surface area contributed by atoms with E-state index in [-0.39, 0.29) is 12.5 Å². The molecule has 1 N–H and O–H groups in total. The zero-order valence-electron chi connectivity index (χ0n) is 16.8. The lowest BCUT2D eigenvalue weighted by atomic mass is 10.1. The highest BCUT2D eigenvalue weighted by Crippen LogP contribution is 2.29. The van der Waals surface area contributed by atoms with E-state index in [9.17, 15) is 9.59 Å². The van der Waals surface area contributed by atoms with Crippen LogP contribution in [0.1, 0.15) is 30.3 Å². The minimum Gasteiger partial charge on any atom is -0.463 e. The van der Waals surface area contributed by atoms with Crippen molar-refractivity contribution in [3.63, 3.8) is 0 Å². The number of anilines is 1. The predicted molar refractivity (Wildman–Crippen MR) is 118 cm³/mol. The molecule has 0 fully saturated rings. The molecular formula is C22H22N4O3S. The molecule has 3 heterocycles. The maximum absolute atomic E-state index is 12.8. The van der Waals surface area contributed by atoms with Gasteiger partial charge in [-0.25, -0.2) is 9.67 Å². The summed E-state index contributed by atoms with van der Waals surface area (Å²) in [6.07, 6.45) is 4.84. The highest BCUT2D eigenvalue weighted by molar-refractivity contribution is 7.19. The molecule has 3 aromatic heterocycles. The number of hydrogen-bond acceptors (Lipinski definition) is 6. The Bertz CT molecular complexity index is 1220. The zero-order chi connectivity index (χ0) is 21.1. The van der Waals surface area contributed by atoms with Gasteiger partial charge in [-0.1, -0.05) is 25.5 Å². The van der Waals surface area contributed by atoms with Gasteiger partial charge in [0, 0.05) is 5.69 Å². The number of carbonyl (C=O) groups is 1. The lowest BCUT2D eigenvalue weighted by Gasteiger charge is -2.09. The van der Waals surface area contributed by atoms with Gasteiger partial charge in [0.2, 0.25) is 5.91 Å². The molecule has 0 aliphatic rings. The van der Waals surface area contributed by atoms with Gasteiger partial charge in [-0.05, 0) is 49.6 Å². The fourth-order valence-corrected chi connectivity index (χ4v) is 4.12. The number of nitrogens with zero attached hydrogens (tertiary/aromatic N) is 3. The highest BCUT2D eigenvalue weighted by Gasteiger charge is 2.19. The minimum absolute atomic E-state index is 0.212. The fourth-order valence-electron chi connectivity index (χ4n) is 3.22. The summed E-state index contributed by atoms with van der Waals surface area (Å²) >= 11 is 1.38. The summed E-state index contributed by atoms with van der Waals surface area (Å²) in [5.41, 5.74) is 2.33. The van der Waals surface area contributed by atoms with Crippen LogP contribution < -0.4 is 10.9 Å². The first-order valence-corrected chi connectivity index (χ1v) is 10.7. The highest BCUT2D eigenvalue weighted by atomic mass is 32.1.